The number of nitrogens with zero attached hydrogens (tertiary/aromatic N) is 3. The molecule has 1 aliphatic heterocycles. The monoisotopic (exact) mass is 306 g/mol. The fourth-order valence-electron chi connectivity index (χ4n) is 2.92. The molecule has 0 saturated carbocycles. The van der Waals surface area contributed by atoms with Gasteiger partial charge in [0.05, 0.1) is 11.9 Å². The van der Waals surface area contributed by atoms with E-state index in [1.54, 1.807) is 11.3 Å². The molecule has 1 atom stereocenters. The summed E-state index contributed by atoms with van der Waals surface area (Å²) in [5, 5.41) is 15.8. The number of anilines is 1. The first-order valence-corrected chi connectivity index (χ1v) is 8.49. The van der Waals surface area contributed by atoms with Crippen LogP contribution in [0.2, 0.25) is 0 Å². The van der Waals surface area contributed by atoms with Crippen molar-refractivity contribution >= 4 is 27.4 Å². The van der Waals surface area contributed by atoms with Gasteiger partial charge in [0.25, 0.3) is 0 Å². The van der Waals surface area contributed by atoms with Gasteiger partial charge in [-0.3, -0.25) is 4.90 Å². The SMILES string of the molecule is CCNc1nc(CN2CCCC(CO)C2)nc2sccc12. The highest BCUT2D eigenvalue weighted by Gasteiger charge is 2.20. The van der Waals surface area contributed by atoms with Crippen LogP contribution in [0.15, 0.2) is 11.4 Å². The summed E-state index contributed by atoms with van der Waals surface area (Å²) < 4.78 is 0. The fourth-order valence-corrected chi connectivity index (χ4v) is 3.70. The van der Waals surface area contributed by atoms with Gasteiger partial charge in [-0.05, 0) is 43.7 Å². The first-order valence-electron chi connectivity index (χ1n) is 7.61. The summed E-state index contributed by atoms with van der Waals surface area (Å²) in [5.74, 6) is 2.21. The molecule has 0 spiro atoms. The molecule has 2 aromatic rings. The Morgan fingerprint density at radius 1 is 1.48 bits per heavy atom. The average molecular weight is 306 g/mol. The van der Waals surface area contributed by atoms with Gasteiger partial charge in [-0.1, -0.05) is 0 Å². The lowest BCUT2D eigenvalue weighted by molar-refractivity contribution is 0.114. The van der Waals surface area contributed by atoms with E-state index in [-0.39, 0.29) is 6.61 Å². The lowest BCUT2D eigenvalue weighted by atomic mass is 9.99. The second-order valence-electron chi connectivity index (χ2n) is 5.58. The molecule has 21 heavy (non-hydrogen) atoms. The van der Waals surface area contributed by atoms with E-state index >= 15 is 0 Å². The normalized spacial score (nSPS) is 20.0. The van der Waals surface area contributed by atoms with Crippen LogP contribution in [0.25, 0.3) is 10.2 Å². The Balaban J connectivity index is 1.79. The van der Waals surface area contributed by atoms with Crippen LogP contribution < -0.4 is 5.32 Å². The molecule has 114 valence electrons. The Labute approximate surface area is 129 Å². The van der Waals surface area contributed by atoms with Crippen molar-refractivity contribution in [1.29, 1.82) is 0 Å². The lowest BCUT2D eigenvalue weighted by Gasteiger charge is -2.31. The summed E-state index contributed by atoms with van der Waals surface area (Å²) in [6.07, 6.45) is 2.27. The maximum Gasteiger partial charge on any atom is 0.146 e. The average Bonchev–Trinajstić information content (AvgIpc) is 2.96. The Hall–Kier alpha value is -1.24. The molecule has 0 bridgehead atoms. The minimum atomic E-state index is 0.282. The third-order valence-corrected chi connectivity index (χ3v) is 4.75. The number of likely N-dealkylation sites (tertiary alicyclic amines) is 1. The van der Waals surface area contributed by atoms with Crippen LogP contribution in [0, 0.1) is 5.92 Å². The maximum absolute atomic E-state index is 9.34. The van der Waals surface area contributed by atoms with E-state index in [0.29, 0.717) is 5.92 Å². The van der Waals surface area contributed by atoms with Gasteiger partial charge in [0.2, 0.25) is 0 Å². The van der Waals surface area contributed by atoms with E-state index in [0.717, 1.165) is 60.9 Å². The topological polar surface area (TPSA) is 61.3 Å². The zero-order valence-corrected chi connectivity index (χ0v) is 13.2. The predicted molar refractivity (Wildman–Crippen MR) is 86.7 cm³/mol. The number of nitrogens with one attached hydrogen (secondary N) is 1. The van der Waals surface area contributed by atoms with Crippen molar-refractivity contribution in [2.24, 2.45) is 5.92 Å². The maximum atomic E-state index is 9.34. The molecule has 3 rings (SSSR count). The number of hydrogen-bond donors (Lipinski definition) is 2. The summed E-state index contributed by atoms with van der Waals surface area (Å²) in [7, 11) is 0. The molecule has 5 nitrogen and oxygen atoms in total. The molecular weight excluding hydrogens is 284 g/mol. The minimum absolute atomic E-state index is 0.282. The molecule has 0 aliphatic carbocycles. The van der Waals surface area contributed by atoms with E-state index in [1.165, 1.54) is 0 Å². The van der Waals surface area contributed by atoms with Gasteiger partial charge in [0, 0.05) is 19.7 Å². The Bertz CT molecular complexity index is 600. The number of piperidine rings is 1. The van der Waals surface area contributed by atoms with Crippen LogP contribution in [-0.4, -0.2) is 46.2 Å². The third-order valence-electron chi connectivity index (χ3n) is 3.94. The van der Waals surface area contributed by atoms with Crippen molar-refractivity contribution < 1.29 is 5.11 Å². The highest BCUT2D eigenvalue weighted by molar-refractivity contribution is 7.16. The van der Waals surface area contributed by atoms with Gasteiger partial charge in [-0.15, -0.1) is 11.3 Å². The van der Waals surface area contributed by atoms with Crippen LogP contribution in [0.1, 0.15) is 25.6 Å². The molecule has 1 aliphatic rings. The van der Waals surface area contributed by atoms with Crippen molar-refractivity contribution in [2.45, 2.75) is 26.3 Å². The molecule has 1 saturated heterocycles. The third kappa shape index (κ3) is 3.33. The summed E-state index contributed by atoms with van der Waals surface area (Å²) in [5.41, 5.74) is 0. The van der Waals surface area contributed by atoms with Gasteiger partial charge in [-0.2, -0.15) is 0 Å². The fraction of sp³-hybridized carbons (Fsp3) is 0.600. The van der Waals surface area contributed by atoms with Crippen molar-refractivity contribution in [3.8, 4) is 0 Å². The molecule has 0 aromatic carbocycles. The quantitative estimate of drug-likeness (QED) is 0.888. The number of aromatic nitrogens is 2. The molecule has 3 heterocycles. The van der Waals surface area contributed by atoms with Gasteiger partial charge in [0.15, 0.2) is 0 Å². The number of fused-ring (bicyclic) bond motifs is 1. The molecular formula is C15H22N4OS. The van der Waals surface area contributed by atoms with Crippen LogP contribution in [0.4, 0.5) is 5.82 Å². The largest absolute Gasteiger partial charge is 0.396 e. The van der Waals surface area contributed by atoms with Crippen molar-refractivity contribution in [3.63, 3.8) is 0 Å². The number of aliphatic hydroxyl groups excluding tert-OH is 1. The number of rotatable bonds is 5. The molecule has 0 amide bonds. The van der Waals surface area contributed by atoms with Crippen LogP contribution in [0.3, 0.4) is 0 Å². The van der Waals surface area contributed by atoms with Crippen molar-refractivity contribution in [3.05, 3.63) is 17.3 Å². The van der Waals surface area contributed by atoms with Crippen LogP contribution in [-0.2, 0) is 6.54 Å². The van der Waals surface area contributed by atoms with Crippen molar-refractivity contribution in [2.75, 3.05) is 31.6 Å². The van der Waals surface area contributed by atoms with Crippen LogP contribution in [0.5, 0.6) is 0 Å². The number of thiophene rings is 1. The second kappa shape index (κ2) is 6.68. The van der Waals surface area contributed by atoms with Crippen molar-refractivity contribution in [1.82, 2.24) is 14.9 Å². The highest BCUT2D eigenvalue weighted by atomic mass is 32.1. The summed E-state index contributed by atoms with van der Waals surface area (Å²) >= 11 is 1.66. The minimum Gasteiger partial charge on any atom is -0.396 e. The lowest BCUT2D eigenvalue weighted by Crippen LogP contribution is -2.36. The van der Waals surface area contributed by atoms with E-state index in [9.17, 15) is 5.11 Å². The first-order chi connectivity index (χ1) is 10.3. The molecule has 1 unspecified atom stereocenters. The van der Waals surface area contributed by atoms with E-state index in [1.807, 2.05) is 0 Å². The number of hydrogen-bond acceptors (Lipinski definition) is 6. The van der Waals surface area contributed by atoms with E-state index < -0.39 is 0 Å². The first kappa shape index (κ1) is 14.7. The standard InChI is InChI=1S/C15H22N4OS/c1-2-16-14-12-5-7-21-15(12)18-13(17-14)9-19-6-3-4-11(8-19)10-20/h5,7,11,20H,2-4,6,8-10H2,1H3,(H,16,17,18). The molecule has 1 fully saturated rings. The van der Waals surface area contributed by atoms with E-state index in [4.69, 9.17) is 0 Å². The van der Waals surface area contributed by atoms with Crippen LogP contribution >= 0.6 is 11.3 Å². The predicted octanol–water partition coefficient (Wildman–Crippen LogP) is 2.33. The summed E-state index contributed by atoms with van der Waals surface area (Å²) in [6, 6.07) is 2.07. The number of aliphatic hydroxyl groups is 1. The Kier molecular flexibility index (Phi) is 4.67. The Morgan fingerprint density at radius 2 is 2.38 bits per heavy atom. The summed E-state index contributed by atoms with van der Waals surface area (Å²) in [6.45, 7) is 6.00. The molecule has 2 aromatic heterocycles. The van der Waals surface area contributed by atoms with Gasteiger partial charge < -0.3 is 10.4 Å². The Morgan fingerprint density at radius 3 is 3.19 bits per heavy atom. The molecule has 0 radical (unpaired) electrons. The second-order valence-corrected chi connectivity index (χ2v) is 6.48. The van der Waals surface area contributed by atoms with E-state index in [2.05, 4.69) is 38.6 Å². The molecule has 2 N–H and O–H groups in total. The summed E-state index contributed by atoms with van der Waals surface area (Å²) in [4.78, 5) is 12.8. The molecule has 6 heteroatoms. The van der Waals surface area contributed by atoms with Gasteiger partial charge >= 0.3 is 0 Å². The zero-order valence-electron chi connectivity index (χ0n) is 12.4. The smallest absolute Gasteiger partial charge is 0.146 e. The zero-order chi connectivity index (χ0) is 14.7. The van der Waals surface area contributed by atoms with Gasteiger partial charge in [-0.25, -0.2) is 9.97 Å². The van der Waals surface area contributed by atoms with Gasteiger partial charge in [0.1, 0.15) is 16.5 Å². The highest BCUT2D eigenvalue weighted by Crippen LogP contribution is 2.26.